The molecule has 0 spiro atoms. The van der Waals surface area contributed by atoms with E-state index >= 15 is 0 Å². The number of anilines is 1. The van der Waals surface area contributed by atoms with E-state index in [1.807, 2.05) is 44.2 Å². The van der Waals surface area contributed by atoms with Gasteiger partial charge >= 0.3 is 0 Å². The first kappa shape index (κ1) is 27.3. The largest absolute Gasteiger partial charge is 0.352 e. The molecule has 7 nitrogen and oxygen atoms in total. The van der Waals surface area contributed by atoms with E-state index in [-0.39, 0.29) is 49.5 Å². The lowest BCUT2D eigenvalue weighted by Crippen LogP contribution is -2.49. The summed E-state index contributed by atoms with van der Waals surface area (Å²) in [6.07, 6.45) is 1.95. The number of para-hydroxylation sites is 1. The summed E-state index contributed by atoms with van der Waals surface area (Å²) < 4.78 is 39.7. The lowest BCUT2D eigenvalue weighted by Gasteiger charge is -2.30. The first-order chi connectivity index (χ1) is 16.0. The molecule has 34 heavy (non-hydrogen) atoms. The monoisotopic (exact) mass is 491 g/mol. The summed E-state index contributed by atoms with van der Waals surface area (Å²) in [5, 5.41) is 2.91. The topological polar surface area (TPSA) is 86.8 Å². The Bertz CT molecular complexity index is 1060. The van der Waals surface area contributed by atoms with Gasteiger partial charge in [-0.15, -0.1) is 0 Å². The molecule has 0 heterocycles. The highest BCUT2D eigenvalue weighted by Gasteiger charge is 2.27. The van der Waals surface area contributed by atoms with Crippen LogP contribution in [0.4, 0.5) is 10.1 Å². The van der Waals surface area contributed by atoms with Crippen molar-refractivity contribution < 1.29 is 22.4 Å². The molecule has 9 heteroatoms. The maximum Gasteiger partial charge on any atom is 0.242 e. The van der Waals surface area contributed by atoms with Crippen LogP contribution in [0, 0.1) is 5.82 Å². The summed E-state index contributed by atoms with van der Waals surface area (Å²) >= 11 is 0. The quantitative estimate of drug-likeness (QED) is 0.491. The number of hydrogen-bond acceptors (Lipinski definition) is 4. The van der Waals surface area contributed by atoms with Crippen molar-refractivity contribution in [2.75, 3.05) is 17.1 Å². The van der Waals surface area contributed by atoms with Gasteiger partial charge < -0.3 is 10.2 Å². The number of halogens is 1. The number of carbonyl (C=O) groups is 2. The molecule has 0 unspecified atom stereocenters. The molecule has 0 fully saturated rings. The second kappa shape index (κ2) is 12.5. The molecule has 186 valence electrons. The van der Waals surface area contributed by atoms with Crippen LogP contribution in [0.5, 0.6) is 0 Å². The zero-order valence-corrected chi connectivity index (χ0v) is 21.0. The third-order valence-corrected chi connectivity index (χ3v) is 6.82. The third-order valence-electron chi connectivity index (χ3n) is 5.64. The van der Waals surface area contributed by atoms with Gasteiger partial charge in [0, 0.05) is 25.6 Å². The predicted molar refractivity (Wildman–Crippen MR) is 132 cm³/mol. The van der Waals surface area contributed by atoms with Crippen molar-refractivity contribution in [3.63, 3.8) is 0 Å². The molecular formula is C25H34FN3O4S. The average molecular weight is 492 g/mol. The number of hydrogen-bond donors (Lipinski definition) is 1. The zero-order valence-electron chi connectivity index (χ0n) is 20.2. The molecule has 2 rings (SSSR count). The Kier molecular flexibility index (Phi) is 10.0. The Balaban J connectivity index is 2.15. The molecule has 0 aliphatic rings. The van der Waals surface area contributed by atoms with Crippen molar-refractivity contribution in [3.05, 3.63) is 66.0 Å². The maximum atomic E-state index is 14.2. The van der Waals surface area contributed by atoms with Crippen LogP contribution < -0.4 is 9.62 Å². The van der Waals surface area contributed by atoms with Gasteiger partial charge in [0.15, 0.2) is 0 Å². The number of benzene rings is 2. The fraction of sp³-hybridized carbons (Fsp3) is 0.440. The summed E-state index contributed by atoms with van der Waals surface area (Å²) in [6.45, 7) is 5.73. The number of nitrogens with one attached hydrogen (secondary N) is 1. The number of sulfonamides is 1. The molecule has 0 saturated carbocycles. The number of nitrogens with zero attached hydrogens (tertiary/aromatic N) is 2. The van der Waals surface area contributed by atoms with Gasteiger partial charge in [0.2, 0.25) is 21.8 Å². The van der Waals surface area contributed by atoms with Crippen molar-refractivity contribution in [2.24, 2.45) is 0 Å². The number of amides is 2. The molecule has 2 amide bonds. The molecule has 2 aromatic rings. The molecule has 0 radical (unpaired) electrons. The van der Waals surface area contributed by atoms with E-state index in [1.54, 1.807) is 13.0 Å². The summed E-state index contributed by atoms with van der Waals surface area (Å²) in [4.78, 5) is 27.4. The number of carbonyl (C=O) groups excluding carboxylic acids is 2. The normalized spacial score (nSPS) is 13.1. The van der Waals surface area contributed by atoms with Crippen LogP contribution in [0.1, 0.15) is 45.6 Å². The zero-order chi connectivity index (χ0) is 25.3. The van der Waals surface area contributed by atoms with Crippen molar-refractivity contribution in [3.8, 4) is 0 Å². The highest BCUT2D eigenvalue weighted by Crippen LogP contribution is 2.22. The molecule has 0 saturated heterocycles. The highest BCUT2D eigenvalue weighted by atomic mass is 32.2. The molecule has 2 atom stereocenters. The highest BCUT2D eigenvalue weighted by molar-refractivity contribution is 7.92. The van der Waals surface area contributed by atoms with E-state index in [4.69, 9.17) is 0 Å². The van der Waals surface area contributed by atoms with Gasteiger partial charge in [-0.05, 0) is 44.4 Å². The van der Waals surface area contributed by atoms with Crippen LogP contribution in [-0.2, 0) is 26.2 Å². The molecule has 0 aliphatic carbocycles. The summed E-state index contributed by atoms with van der Waals surface area (Å²) in [5.41, 5.74) is 0.822. The fourth-order valence-electron chi connectivity index (χ4n) is 3.46. The molecule has 0 aliphatic heterocycles. The van der Waals surface area contributed by atoms with Crippen LogP contribution in [0.2, 0.25) is 0 Å². The minimum absolute atomic E-state index is 0.00819. The maximum absolute atomic E-state index is 14.2. The lowest BCUT2D eigenvalue weighted by molar-refractivity contribution is -0.140. The van der Waals surface area contributed by atoms with Gasteiger partial charge in [-0.1, -0.05) is 49.4 Å². The second-order valence-electron chi connectivity index (χ2n) is 8.39. The van der Waals surface area contributed by atoms with E-state index in [0.717, 1.165) is 22.5 Å². The van der Waals surface area contributed by atoms with Crippen LogP contribution in [0.25, 0.3) is 0 Å². The van der Waals surface area contributed by atoms with Gasteiger partial charge in [0.25, 0.3) is 0 Å². The standard InChI is InChI=1S/C25H34FN3O4S/c1-5-19(2)27-25(31)20(3)28(18-21-12-7-6-8-13-21)24(30)16-11-17-29(34(4,32)33)23-15-10-9-14-22(23)26/h6-10,12-15,19-20H,5,11,16-18H2,1-4H3,(H,27,31)/t19-,20+/m0/s1. The second-order valence-corrected chi connectivity index (χ2v) is 10.3. The van der Waals surface area contributed by atoms with E-state index in [1.165, 1.54) is 23.1 Å². The molecular weight excluding hydrogens is 457 g/mol. The molecule has 0 aromatic heterocycles. The summed E-state index contributed by atoms with van der Waals surface area (Å²) in [7, 11) is -3.75. The Morgan fingerprint density at radius 3 is 2.24 bits per heavy atom. The lowest BCUT2D eigenvalue weighted by atomic mass is 10.1. The fourth-order valence-corrected chi connectivity index (χ4v) is 4.43. The van der Waals surface area contributed by atoms with Gasteiger partial charge in [0.1, 0.15) is 11.9 Å². The molecule has 0 bridgehead atoms. The Hall–Kier alpha value is -2.94. The Morgan fingerprint density at radius 1 is 1.03 bits per heavy atom. The number of rotatable bonds is 12. The Morgan fingerprint density at radius 2 is 1.65 bits per heavy atom. The van der Waals surface area contributed by atoms with Crippen molar-refractivity contribution in [1.29, 1.82) is 0 Å². The molecule has 2 aromatic carbocycles. The SMILES string of the molecule is CC[C@H](C)NC(=O)[C@@H](C)N(Cc1ccccc1)C(=O)CCCN(c1ccccc1F)S(C)(=O)=O. The van der Waals surface area contributed by atoms with Crippen molar-refractivity contribution >= 4 is 27.5 Å². The Labute approximate surface area is 202 Å². The van der Waals surface area contributed by atoms with Crippen LogP contribution >= 0.6 is 0 Å². The van der Waals surface area contributed by atoms with Gasteiger partial charge in [-0.3, -0.25) is 13.9 Å². The summed E-state index contributed by atoms with van der Waals surface area (Å²) in [6, 6.07) is 14.2. The summed E-state index contributed by atoms with van der Waals surface area (Å²) in [5.74, 6) is -1.18. The minimum atomic E-state index is -3.75. The first-order valence-electron chi connectivity index (χ1n) is 11.4. The van der Waals surface area contributed by atoms with E-state index in [0.29, 0.717) is 0 Å². The van der Waals surface area contributed by atoms with Crippen molar-refractivity contribution in [1.82, 2.24) is 10.2 Å². The van der Waals surface area contributed by atoms with Crippen LogP contribution in [0.15, 0.2) is 54.6 Å². The smallest absolute Gasteiger partial charge is 0.242 e. The van der Waals surface area contributed by atoms with E-state index < -0.39 is 21.9 Å². The van der Waals surface area contributed by atoms with E-state index in [2.05, 4.69) is 5.32 Å². The van der Waals surface area contributed by atoms with Crippen molar-refractivity contribution in [2.45, 2.75) is 58.7 Å². The van der Waals surface area contributed by atoms with Crippen LogP contribution in [0.3, 0.4) is 0 Å². The average Bonchev–Trinajstić information content (AvgIpc) is 2.80. The van der Waals surface area contributed by atoms with Gasteiger partial charge in [-0.25, -0.2) is 12.8 Å². The van der Waals surface area contributed by atoms with Crippen LogP contribution in [-0.4, -0.2) is 50.0 Å². The minimum Gasteiger partial charge on any atom is -0.352 e. The van der Waals surface area contributed by atoms with Gasteiger partial charge in [0.05, 0.1) is 11.9 Å². The van der Waals surface area contributed by atoms with Gasteiger partial charge in [-0.2, -0.15) is 0 Å². The third kappa shape index (κ3) is 7.83. The first-order valence-corrected chi connectivity index (χ1v) is 13.3. The predicted octanol–water partition coefficient (Wildman–Crippen LogP) is 3.70. The molecule has 1 N–H and O–H groups in total. The van der Waals surface area contributed by atoms with E-state index in [9.17, 15) is 22.4 Å².